The maximum Gasteiger partial charge on any atom is 0.228 e. The number of rotatable bonds is 11. The van der Waals surface area contributed by atoms with E-state index in [0.29, 0.717) is 48.3 Å². The molecule has 1 aromatic carbocycles. The Hall–Kier alpha value is -0.950. The number of ketones is 1. The molecular weight excluding hydrogens is 515 g/mol. The molecule has 2 unspecified atom stereocenters. The number of benzene rings is 1. The van der Waals surface area contributed by atoms with Gasteiger partial charge in [0, 0.05) is 25.0 Å². The zero-order chi connectivity index (χ0) is 27.7. The molecule has 0 aromatic heterocycles. The van der Waals surface area contributed by atoms with E-state index in [9.17, 15) is 9.18 Å². The first-order chi connectivity index (χ1) is 17.4. The van der Waals surface area contributed by atoms with Gasteiger partial charge in [-0.2, -0.15) is 25.3 Å². The molecule has 36 heavy (non-hydrogen) atoms. The van der Waals surface area contributed by atoms with Crippen LogP contribution in [0.2, 0.25) is 5.02 Å². The lowest BCUT2D eigenvalue weighted by atomic mass is 9.87. The summed E-state index contributed by atoms with van der Waals surface area (Å²) in [4.78, 5) is 11.7. The Labute approximate surface area is 235 Å². The number of ether oxygens (including phenoxy) is 2. The third-order valence-electron chi connectivity index (χ3n) is 6.29. The Morgan fingerprint density at radius 1 is 1.19 bits per heavy atom. The van der Waals surface area contributed by atoms with E-state index in [2.05, 4.69) is 57.3 Å². The third kappa shape index (κ3) is 10.4. The van der Waals surface area contributed by atoms with Gasteiger partial charge in [-0.05, 0) is 88.0 Å². The molecule has 0 radical (unpaired) electrons. The van der Waals surface area contributed by atoms with Crippen LogP contribution in [0, 0.1) is 12.8 Å². The highest BCUT2D eigenvalue weighted by molar-refractivity contribution is 7.79. The van der Waals surface area contributed by atoms with Gasteiger partial charge >= 0.3 is 0 Å². The number of carbonyl (C=O) groups is 1. The van der Waals surface area contributed by atoms with E-state index < -0.39 is 6.86 Å². The lowest BCUT2D eigenvalue weighted by Crippen LogP contribution is -2.13. The zero-order valence-electron chi connectivity index (χ0n) is 23.1. The first-order valence-corrected chi connectivity index (χ1v) is 14.9. The molecule has 0 heterocycles. The molecule has 3 nitrogen and oxygen atoms in total. The van der Waals surface area contributed by atoms with E-state index in [1.165, 1.54) is 0 Å². The van der Waals surface area contributed by atoms with Gasteiger partial charge in [0.1, 0.15) is 11.5 Å². The van der Waals surface area contributed by atoms with Gasteiger partial charge in [-0.3, -0.25) is 4.79 Å². The lowest BCUT2D eigenvalue weighted by molar-refractivity contribution is -0.121. The van der Waals surface area contributed by atoms with Crippen LogP contribution in [0.25, 0.3) is 0 Å². The topological polar surface area (TPSA) is 35.5 Å². The standard InChI is InChI=1S/C27H38ClFO3.2CH4S/c1-6-22-23(15-13-18(4)12-14-20-10-9-11-21(30)16-20)27(32-17-29)26(28)19(5)25(22)24(7-2)31-8-3;2*1-2/h12-14,20,24H,6-11,15-17H2,1-5H3;2*2H,1H3/b14-12+,18-13+;;. The Morgan fingerprint density at radius 2 is 1.86 bits per heavy atom. The Balaban J connectivity index is 0.00000291. The summed E-state index contributed by atoms with van der Waals surface area (Å²) in [6.07, 6.45) is 15.3. The minimum atomic E-state index is -0.921. The summed E-state index contributed by atoms with van der Waals surface area (Å²) in [6.45, 7) is 9.90. The first-order valence-electron chi connectivity index (χ1n) is 12.8. The predicted octanol–water partition coefficient (Wildman–Crippen LogP) is 8.90. The molecule has 2 atom stereocenters. The highest BCUT2D eigenvalue weighted by Crippen LogP contribution is 2.42. The molecule has 0 N–H and O–H groups in total. The van der Waals surface area contributed by atoms with Gasteiger partial charge in [-0.1, -0.05) is 49.2 Å². The average Bonchev–Trinajstić information content (AvgIpc) is 2.90. The number of thiol groups is 2. The van der Waals surface area contributed by atoms with Gasteiger partial charge in [0.25, 0.3) is 0 Å². The van der Waals surface area contributed by atoms with Gasteiger partial charge < -0.3 is 9.47 Å². The highest BCUT2D eigenvalue weighted by atomic mass is 35.5. The Bertz CT molecular complexity index is 856. The lowest BCUT2D eigenvalue weighted by Gasteiger charge is -2.26. The third-order valence-corrected chi connectivity index (χ3v) is 6.74. The summed E-state index contributed by atoms with van der Waals surface area (Å²) < 4.78 is 24.7. The van der Waals surface area contributed by atoms with Crippen LogP contribution in [-0.2, 0) is 22.4 Å². The van der Waals surface area contributed by atoms with Crippen LogP contribution in [0.15, 0.2) is 23.8 Å². The molecule has 1 saturated carbocycles. The van der Waals surface area contributed by atoms with Crippen molar-refractivity contribution in [1.29, 1.82) is 0 Å². The molecule has 7 heteroatoms. The van der Waals surface area contributed by atoms with Crippen molar-refractivity contribution in [2.45, 2.75) is 85.7 Å². The normalized spacial score (nSPS) is 16.7. The van der Waals surface area contributed by atoms with Crippen LogP contribution in [0.4, 0.5) is 4.39 Å². The van der Waals surface area contributed by atoms with Gasteiger partial charge in [0.2, 0.25) is 6.86 Å². The summed E-state index contributed by atoms with van der Waals surface area (Å²) >= 11 is 13.7. The van der Waals surface area contributed by atoms with Crippen LogP contribution >= 0.6 is 36.9 Å². The van der Waals surface area contributed by atoms with Crippen LogP contribution < -0.4 is 4.74 Å². The van der Waals surface area contributed by atoms with E-state index in [0.717, 1.165) is 53.5 Å². The van der Waals surface area contributed by atoms with Crippen LogP contribution in [-0.4, -0.2) is 31.8 Å². The summed E-state index contributed by atoms with van der Waals surface area (Å²) in [6, 6.07) is 0. The van der Waals surface area contributed by atoms with Crippen molar-refractivity contribution in [3.05, 3.63) is 51.1 Å². The number of halogens is 2. The second-order valence-electron chi connectivity index (χ2n) is 8.50. The fourth-order valence-electron chi connectivity index (χ4n) is 4.66. The minimum Gasteiger partial charge on any atom is -0.461 e. The minimum absolute atomic E-state index is 0.0561. The number of Topliss-reactive ketones (excluding diaryl/α,β-unsaturated/α-hetero) is 1. The molecule has 1 fully saturated rings. The van der Waals surface area contributed by atoms with Crippen molar-refractivity contribution in [3.63, 3.8) is 0 Å². The number of alkyl halides is 1. The molecule has 0 aliphatic heterocycles. The number of allylic oxidation sites excluding steroid dienone is 4. The maximum atomic E-state index is 13.2. The van der Waals surface area contributed by atoms with Crippen molar-refractivity contribution in [3.8, 4) is 5.75 Å². The molecule has 0 spiro atoms. The second-order valence-corrected chi connectivity index (χ2v) is 8.88. The SMILES string of the molecule is CCOC(CC)c1c(C)c(Cl)c(OCF)c(C/C=C(C)/C=C/C2CCCC(=O)C2)c1CC.CS.CS. The molecule has 2 rings (SSSR count). The van der Waals surface area contributed by atoms with Crippen molar-refractivity contribution >= 4 is 42.6 Å². The molecule has 1 aromatic rings. The van der Waals surface area contributed by atoms with E-state index in [1.54, 1.807) is 12.5 Å². The fraction of sp³-hybridized carbons (Fsp3) is 0.621. The smallest absolute Gasteiger partial charge is 0.228 e. The molecule has 0 bridgehead atoms. The van der Waals surface area contributed by atoms with E-state index >= 15 is 0 Å². The zero-order valence-corrected chi connectivity index (χ0v) is 25.7. The average molecular weight is 561 g/mol. The summed E-state index contributed by atoms with van der Waals surface area (Å²) in [7, 11) is 0. The number of hydrogen-bond donors (Lipinski definition) is 2. The monoisotopic (exact) mass is 560 g/mol. The summed E-state index contributed by atoms with van der Waals surface area (Å²) in [5, 5.41) is 0.463. The second kappa shape index (κ2) is 20.1. The highest BCUT2D eigenvalue weighted by Gasteiger charge is 2.25. The largest absolute Gasteiger partial charge is 0.461 e. The van der Waals surface area contributed by atoms with Crippen molar-refractivity contribution in [2.75, 3.05) is 26.0 Å². The molecular formula is C29H46ClFO3S2. The van der Waals surface area contributed by atoms with Crippen molar-refractivity contribution in [2.24, 2.45) is 5.92 Å². The molecule has 0 saturated heterocycles. The number of carbonyl (C=O) groups excluding carboxylic acids is 1. The van der Waals surface area contributed by atoms with Crippen molar-refractivity contribution < 1.29 is 18.7 Å². The predicted molar refractivity (Wildman–Crippen MR) is 160 cm³/mol. The molecule has 1 aliphatic rings. The van der Waals surface area contributed by atoms with Gasteiger partial charge in [-0.15, -0.1) is 0 Å². The van der Waals surface area contributed by atoms with Crippen LogP contribution in [0.5, 0.6) is 5.75 Å². The Morgan fingerprint density at radius 3 is 2.39 bits per heavy atom. The van der Waals surface area contributed by atoms with Crippen LogP contribution in [0.3, 0.4) is 0 Å². The molecule has 1 aliphatic carbocycles. The summed E-state index contributed by atoms with van der Waals surface area (Å²) in [5.41, 5.74) is 5.16. The van der Waals surface area contributed by atoms with Crippen molar-refractivity contribution in [1.82, 2.24) is 0 Å². The van der Waals surface area contributed by atoms with Gasteiger partial charge in [0.05, 0.1) is 11.1 Å². The van der Waals surface area contributed by atoms with E-state index in [4.69, 9.17) is 21.1 Å². The summed E-state index contributed by atoms with van der Waals surface area (Å²) in [5.74, 6) is 1.12. The van der Waals surface area contributed by atoms with Gasteiger partial charge in [-0.25, -0.2) is 4.39 Å². The van der Waals surface area contributed by atoms with E-state index in [-0.39, 0.29) is 6.10 Å². The van der Waals surface area contributed by atoms with E-state index in [1.807, 2.05) is 20.8 Å². The van der Waals surface area contributed by atoms with Gasteiger partial charge in [0.15, 0.2) is 0 Å². The maximum absolute atomic E-state index is 13.2. The van der Waals surface area contributed by atoms with Crippen LogP contribution in [0.1, 0.15) is 88.2 Å². The first kappa shape index (κ1) is 35.0. The number of hydrogen-bond acceptors (Lipinski definition) is 5. The molecule has 0 amide bonds. The Kier molecular flexibility index (Phi) is 19.5. The molecule has 206 valence electrons. The quantitative estimate of drug-likeness (QED) is 0.209. The fourth-order valence-corrected chi connectivity index (χ4v) is 4.93.